The van der Waals surface area contributed by atoms with Gasteiger partial charge in [0, 0.05) is 6.42 Å². The first kappa shape index (κ1) is 11.0. The van der Waals surface area contributed by atoms with Crippen LogP contribution in [-0.4, -0.2) is 4.98 Å². The van der Waals surface area contributed by atoms with Crippen molar-refractivity contribution in [3.8, 4) is 0 Å². The van der Waals surface area contributed by atoms with Crippen LogP contribution in [0.1, 0.15) is 17.9 Å². The number of oxazole rings is 1. The van der Waals surface area contributed by atoms with Gasteiger partial charge in [-0.25, -0.2) is 4.98 Å². The fourth-order valence-corrected chi connectivity index (χ4v) is 2.12. The number of rotatable bonds is 4. The maximum absolute atomic E-state index is 5.69. The average Bonchev–Trinajstić information content (AvgIpc) is 2.82. The van der Waals surface area contributed by atoms with Crippen molar-refractivity contribution in [1.82, 2.24) is 4.98 Å². The normalized spacial score (nSPS) is 10.9. The molecule has 3 rings (SSSR count). The van der Waals surface area contributed by atoms with Gasteiger partial charge in [-0.2, -0.15) is 0 Å². The van der Waals surface area contributed by atoms with E-state index in [1.54, 1.807) is 0 Å². The van der Waals surface area contributed by atoms with E-state index in [4.69, 9.17) is 4.42 Å². The van der Waals surface area contributed by atoms with E-state index >= 15 is 0 Å². The number of aromatic nitrogens is 1. The second-order valence-corrected chi connectivity index (χ2v) is 4.41. The lowest BCUT2D eigenvalue weighted by Crippen LogP contribution is -1.89. The fraction of sp³-hybridized carbons (Fsp3) is 0.188. The van der Waals surface area contributed by atoms with Crippen LogP contribution in [0.4, 0.5) is 0 Å². The Morgan fingerprint density at radius 2 is 1.61 bits per heavy atom. The molecule has 90 valence electrons. The maximum atomic E-state index is 5.69. The van der Waals surface area contributed by atoms with E-state index in [1.165, 1.54) is 5.56 Å². The standard InChI is InChI=1S/C16H15NO/c1-2-7-13(8-3-1)9-6-12-16-17-14-10-4-5-11-15(14)18-16/h1-5,7-8,10-11H,6,9,12H2. The number of benzene rings is 2. The first-order valence-electron chi connectivity index (χ1n) is 6.30. The summed E-state index contributed by atoms with van der Waals surface area (Å²) in [7, 11) is 0. The van der Waals surface area contributed by atoms with Crippen LogP contribution < -0.4 is 0 Å². The van der Waals surface area contributed by atoms with Gasteiger partial charge in [-0.15, -0.1) is 0 Å². The van der Waals surface area contributed by atoms with Gasteiger partial charge in [0.2, 0.25) is 0 Å². The Bertz CT molecular complexity index is 595. The number of nitrogens with zero attached hydrogens (tertiary/aromatic N) is 1. The van der Waals surface area contributed by atoms with Gasteiger partial charge in [-0.05, 0) is 30.5 Å². The molecule has 0 bridgehead atoms. The zero-order valence-electron chi connectivity index (χ0n) is 10.2. The van der Waals surface area contributed by atoms with Crippen LogP contribution in [-0.2, 0) is 12.8 Å². The van der Waals surface area contributed by atoms with Gasteiger partial charge < -0.3 is 4.42 Å². The minimum absolute atomic E-state index is 0.840. The zero-order valence-corrected chi connectivity index (χ0v) is 10.2. The Morgan fingerprint density at radius 3 is 2.44 bits per heavy atom. The zero-order chi connectivity index (χ0) is 12.2. The minimum atomic E-state index is 0.840. The third-order valence-corrected chi connectivity index (χ3v) is 3.04. The number of hydrogen-bond acceptors (Lipinski definition) is 2. The third-order valence-electron chi connectivity index (χ3n) is 3.04. The summed E-state index contributed by atoms with van der Waals surface area (Å²) in [5, 5.41) is 0. The molecule has 2 nitrogen and oxygen atoms in total. The predicted octanol–water partition coefficient (Wildman–Crippen LogP) is 4.00. The number of para-hydroxylation sites is 2. The second kappa shape index (κ2) is 5.05. The Kier molecular flexibility index (Phi) is 3.09. The van der Waals surface area contributed by atoms with Gasteiger partial charge in [0.15, 0.2) is 11.5 Å². The molecular formula is C16H15NO. The van der Waals surface area contributed by atoms with E-state index < -0.39 is 0 Å². The van der Waals surface area contributed by atoms with Gasteiger partial charge >= 0.3 is 0 Å². The molecule has 3 aromatic rings. The lowest BCUT2D eigenvalue weighted by atomic mass is 10.1. The highest BCUT2D eigenvalue weighted by molar-refractivity contribution is 5.72. The molecule has 2 aromatic carbocycles. The molecule has 0 N–H and O–H groups in total. The molecule has 18 heavy (non-hydrogen) atoms. The SMILES string of the molecule is c1ccc(CCCc2nc3ccccc3o2)cc1. The van der Waals surface area contributed by atoms with Crippen molar-refractivity contribution in [1.29, 1.82) is 0 Å². The Labute approximate surface area is 106 Å². The molecule has 0 atom stereocenters. The van der Waals surface area contributed by atoms with E-state index in [2.05, 4.69) is 29.2 Å². The van der Waals surface area contributed by atoms with Crippen LogP contribution >= 0.6 is 0 Å². The summed E-state index contributed by atoms with van der Waals surface area (Å²) in [5.41, 5.74) is 3.20. The largest absolute Gasteiger partial charge is 0.441 e. The van der Waals surface area contributed by atoms with E-state index in [9.17, 15) is 0 Å². The second-order valence-electron chi connectivity index (χ2n) is 4.41. The fourth-order valence-electron chi connectivity index (χ4n) is 2.12. The summed E-state index contributed by atoms with van der Waals surface area (Å²) >= 11 is 0. The smallest absolute Gasteiger partial charge is 0.195 e. The lowest BCUT2D eigenvalue weighted by Gasteiger charge is -1.98. The Morgan fingerprint density at radius 1 is 0.833 bits per heavy atom. The van der Waals surface area contributed by atoms with Crippen molar-refractivity contribution >= 4 is 11.1 Å². The molecular weight excluding hydrogens is 222 g/mol. The Hall–Kier alpha value is -2.09. The molecule has 2 heteroatoms. The molecule has 0 fully saturated rings. The molecule has 1 heterocycles. The summed E-state index contributed by atoms with van der Waals surface area (Å²) in [6, 6.07) is 18.4. The van der Waals surface area contributed by atoms with Gasteiger partial charge in [-0.1, -0.05) is 42.5 Å². The minimum Gasteiger partial charge on any atom is -0.441 e. The summed E-state index contributed by atoms with van der Waals surface area (Å²) < 4.78 is 5.69. The predicted molar refractivity (Wildman–Crippen MR) is 72.5 cm³/mol. The van der Waals surface area contributed by atoms with Crippen molar-refractivity contribution in [3.05, 3.63) is 66.1 Å². The Balaban J connectivity index is 1.63. The molecule has 0 amide bonds. The average molecular weight is 237 g/mol. The van der Waals surface area contributed by atoms with E-state index in [1.807, 2.05) is 30.3 Å². The summed E-state index contributed by atoms with van der Waals surface area (Å²) in [6.45, 7) is 0. The van der Waals surface area contributed by atoms with Crippen LogP contribution in [0, 0.1) is 0 Å². The molecule has 0 radical (unpaired) electrons. The molecule has 0 aliphatic heterocycles. The number of fused-ring (bicyclic) bond motifs is 1. The van der Waals surface area contributed by atoms with Crippen molar-refractivity contribution in [2.45, 2.75) is 19.3 Å². The maximum Gasteiger partial charge on any atom is 0.195 e. The molecule has 0 saturated heterocycles. The lowest BCUT2D eigenvalue weighted by molar-refractivity contribution is 0.519. The van der Waals surface area contributed by atoms with Crippen molar-refractivity contribution in [3.63, 3.8) is 0 Å². The van der Waals surface area contributed by atoms with Crippen molar-refractivity contribution < 1.29 is 4.42 Å². The van der Waals surface area contributed by atoms with E-state index in [-0.39, 0.29) is 0 Å². The topological polar surface area (TPSA) is 26.0 Å². The summed E-state index contributed by atoms with van der Waals surface area (Å²) in [4.78, 5) is 4.48. The highest BCUT2D eigenvalue weighted by atomic mass is 16.3. The quantitative estimate of drug-likeness (QED) is 0.685. The highest BCUT2D eigenvalue weighted by Crippen LogP contribution is 2.16. The third kappa shape index (κ3) is 2.43. The molecule has 0 aliphatic rings. The molecule has 0 spiro atoms. The highest BCUT2D eigenvalue weighted by Gasteiger charge is 2.04. The van der Waals surface area contributed by atoms with Crippen molar-refractivity contribution in [2.75, 3.05) is 0 Å². The molecule has 0 saturated carbocycles. The number of aryl methyl sites for hydroxylation is 2. The first-order chi connectivity index (χ1) is 8.92. The van der Waals surface area contributed by atoms with Gasteiger partial charge in [0.25, 0.3) is 0 Å². The molecule has 0 unspecified atom stereocenters. The summed E-state index contributed by atoms with van der Waals surface area (Å²) in [6.07, 6.45) is 3.03. The van der Waals surface area contributed by atoms with E-state index in [0.29, 0.717) is 0 Å². The van der Waals surface area contributed by atoms with Gasteiger partial charge in [0.05, 0.1) is 0 Å². The van der Waals surface area contributed by atoms with Crippen molar-refractivity contribution in [2.24, 2.45) is 0 Å². The molecule has 0 aliphatic carbocycles. The van der Waals surface area contributed by atoms with Gasteiger partial charge in [0.1, 0.15) is 5.52 Å². The summed E-state index contributed by atoms with van der Waals surface area (Å²) in [5.74, 6) is 0.840. The van der Waals surface area contributed by atoms with Crippen LogP contribution in [0.3, 0.4) is 0 Å². The van der Waals surface area contributed by atoms with Crippen LogP contribution in [0.2, 0.25) is 0 Å². The van der Waals surface area contributed by atoms with Crippen LogP contribution in [0.5, 0.6) is 0 Å². The first-order valence-corrected chi connectivity index (χ1v) is 6.30. The number of hydrogen-bond donors (Lipinski definition) is 0. The monoisotopic (exact) mass is 237 g/mol. The van der Waals surface area contributed by atoms with Crippen LogP contribution in [0.15, 0.2) is 59.0 Å². The van der Waals surface area contributed by atoms with Gasteiger partial charge in [-0.3, -0.25) is 0 Å². The van der Waals surface area contributed by atoms with Crippen LogP contribution in [0.25, 0.3) is 11.1 Å². The molecule has 1 aromatic heterocycles. The van der Waals surface area contributed by atoms with E-state index in [0.717, 1.165) is 36.3 Å².